The lowest BCUT2D eigenvalue weighted by molar-refractivity contribution is 0.102. The average molecular weight is 336 g/mol. The van der Waals surface area contributed by atoms with Crippen molar-refractivity contribution in [2.75, 3.05) is 23.9 Å². The maximum Gasteiger partial charge on any atom is 0.255 e. The zero-order valence-electron chi connectivity index (χ0n) is 10.8. The van der Waals surface area contributed by atoms with E-state index in [0.29, 0.717) is 28.4 Å². The summed E-state index contributed by atoms with van der Waals surface area (Å²) in [5, 5.41) is 2.77. The monoisotopic (exact) mass is 335 g/mol. The molecule has 0 aliphatic carbocycles. The molecule has 2 aromatic carbocycles. The summed E-state index contributed by atoms with van der Waals surface area (Å²) in [5.74, 6) is 0.263. The third-order valence-electron chi connectivity index (χ3n) is 2.65. The van der Waals surface area contributed by atoms with Gasteiger partial charge in [-0.25, -0.2) is 0 Å². The first kappa shape index (κ1) is 14.2. The molecule has 0 bridgehead atoms. The molecule has 0 atom stereocenters. The van der Waals surface area contributed by atoms with E-state index in [1.54, 1.807) is 30.3 Å². The number of hydrogen-bond acceptors (Lipinski definition) is 4. The van der Waals surface area contributed by atoms with Crippen molar-refractivity contribution in [2.45, 2.75) is 0 Å². The standard InChI is InChI=1S/C14H14BrN3O2/c1-20-13-3-2-9(15)6-12(13)18-14(19)8-4-10(16)7-11(17)5-8/h2-7H,16-17H2,1H3,(H,18,19). The van der Waals surface area contributed by atoms with Crippen LogP contribution in [0, 0.1) is 0 Å². The fourth-order valence-electron chi connectivity index (χ4n) is 1.78. The van der Waals surface area contributed by atoms with Crippen molar-refractivity contribution in [3.8, 4) is 5.75 Å². The van der Waals surface area contributed by atoms with Crippen LogP contribution in [-0.4, -0.2) is 13.0 Å². The normalized spacial score (nSPS) is 10.1. The zero-order chi connectivity index (χ0) is 14.7. The Morgan fingerprint density at radius 1 is 1.15 bits per heavy atom. The smallest absolute Gasteiger partial charge is 0.255 e. The van der Waals surface area contributed by atoms with Crippen LogP contribution in [0.5, 0.6) is 5.75 Å². The summed E-state index contributed by atoms with van der Waals surface area (Å²) in [6.45, 7) is 0. The molecule has 0 aliphatic rings. The van der Waals surface area contributed by atoms with Gasteiger partial charge in [0.25, 0.3) is 5.91 Å². The van der Waals surface area contributed by atoms with Gasteiger partial charge in [0.05, 0.1) is 12.8 Å². The van der Waals surface area contributed by atoms with E-state index in [2.05, 4.69) is 21.2 Å². The number of nitrogens with two attached hydrogens (primary N) is 2. The predicted octanol–water partition coefficient (Wildman–Crippen LogP) is 2.87. The summed E-state index contributed by atoms with van der Waals surface area (Å²) in [5.41, 5.74) is 13.2. The van der Waals surface area contributed by atoms with Crippen LogP contribution in [-0.2, 0) is 0 Å². The predicted molar refractivity (Wildman–Crippen MR) is 83.9 cm³/mol. The van der Waals surface area contributed by atoms with Gasteiger partial charge in [-0.05, 0) is 36.4 Å². The largest absolute Gasteiger partial charge is 0.495 e. The van der Waals surface area contributed by atoms with Gasteiger partial charge in [0, 0.05) is 21.4 Å². The van der Waals surface area contributed by atoms with E-state index in [1.807, 2.05) is 6.07 Å². The summed E-state index contributed by atoms with van der Waals surface area (Å²) in [7, 11) is 1.54. The van der Waals surface area contributed by atoms with Gasteiger partial charge in [0.1, 0.15) is 5.75 Å². The highest BCUT2D eigenvalue weighted by Crippen LogP contribution is 2.28. The van der Waals surface area contributed by atoms with Gasteiger partial charge in [-0.2, -0.15) is 0 Å². The van der Waals surface area contributed by atoms with Crippen molar-refractivity contribution in [2.24, 2.45) is 0 Å². The summed E-state index contributed by atoms with van der Waals surface area (Å²) in [4.78, 5) is 12.2. The van der Waals surface area contributed by atoms with Crippen LogP contribution in [0.25, 0.3) is 0 Å². The number of anilines is 3. The molecular weight excluding hydrogens is 322 g/mol. The number of benzene rings is 2. The van der Waals surface area contributed by atoms with Crippen molar-refractivity contribution in [1.82, 2.24) is 0 Å². The number of amides is 1. The maximum absolute atomic E-state index is 12.2. The second kappa shape index (κ2) is 5.83. The molecule has 6 heteroatoms. The summed E-state index contributed by atoms with van der Waals surface area (Å²) in [6, 6.07) is 10.1. The van der Waals surface area contributed by atoms with Crippen molar-refractivity contribution in [1.29, 1.82) is 0 Å². The van der Waals surface area contributed by atoms with Crippen LogP contribution in [0.1, 0.15) is 10.4 Å². The van der Waals surface area contributed by atoms with E-state index in [1.165, 1.54) is 7.11 Å². The highest BCUT2D eigenvalue weighted by Gasteiger charge is 2.11. The van der Waals surface area contributed by atoms with Gasteiger partial charge >= 0.3 is 0 Å². The average Bonchev–Trinajstić information content (AvgIpc) is 2.37. The molecule has 0 spiro atoms. The van der Waals surface area contributed by atoms with Gasteiger partial charge in [0.15, 0.2) is 0 Å². The minimum atomic E-state index is -0.305. The van der Waals surface area contributed by atoms with Gasteiger partial charge in [-0.15, -0.1) is 0 Å². The Morgan fingerprint density at radius 2 is 1.80 bits per heavy atom. The van der Waals surface area contributed by atoms with Gasteiger partial charge in [-0.1, -0.05) is 15.9 Å². The molecule has 5 N–H and O–H groups in total. The molecule has 1 amide bonds. The number of nitrogen functional groups attached to an aromatic ring is 2. The van der Waals surface area contributed by atoms with Crippen LogP contribution in [0.3, 0.4) is 0 Å². The lowest BCUT2D eigenvalue weighted by Crippen LogP contribution is -2.13. The first-order chi connectivity index (χ1) is 9.49. The van der Waals surface area contributed by atoms with Crippen molar-refractivity contribution in [3.05, 3.63) is 46.4 Å². The first-order valence-corrected chi connectivity index (χ1v) is 6.60. The van der Waals surface area contributed by atoms with Crippen molar-refractivity contribution >= 4 is 38.9 Å². The van der Waals surface area contributed by atoms with Gasteiger partial charge < -0.3 is 21.5 Å². The molecule has 0 radical (unpaired) electrons. The van der Waals surface area contributed by atoms with Crippen molar-refractivity contribution in [3.63, 3.8) is 0 Å². The maximum atomic E-state index is 12.2. The summed E-state index contributed by atoms with van der Waals surface area (Å²) in [6.07, 6.45) is 0. The Hall–Kier alpha value is -2.21. The number of nitrogens with one attached hydrogen (secondary N) is 1. The Morgan fingerprint density at radius 3 is 2.40 bits per heavy atom. The van der Waals surface area contributed by atoms with Crippen LogP contribution in [0.4, 0.5) is 17.1 Å². The molecule has 0 aromatic heterocycles. The third kappa shape index (κ3) is 3.21. The van der Waals surface area contributed by atoms with Crippen LogP contribution < -0.4 is 21.5 Å². The first-order valence-electron chi connectivity index (χ1n) is 5.80. The molecule has 0 aliphatic heterocycles. The van der Waals surface area contributed by atoms with E-state index >= 15 is 0 Å². The number of rotatable bonds is 3. The number of methoxy groups -OCH3 is 1. The van der Waals surface area contributed by atoms with Crippen LogP contribution in [0.15, 0.2) is 40.9 Å². The number of hydrogen-bond donors (Lipinski definition) is 3. The molecule has 104 valence electrons. The second-order valence-corrected chi connectivity index (χ2v) is 5.10. The van der Waals surface area contributed by atoms with Gasteiger partial charge in [-0.3, -0.25) is 4.79 Å². The Balaban J connectivity index is 2.29. The molecular formula is C14H14BrN3O2. The lowest BCUT2D eigenvalue weighted by atomic mass is 10.1. The Kier molecular flexibility index (Phi) is 4.14. The number of ether oxygens (including phenoxy) is 1. The quantitative estimate of drug-likeness (QED) is 0.752. The molecule has 0 saturated carbocycles. The van der Waals surface area contributed by atoms with Crippen molar-refractivity contribution < 1.29 is 9.53 Å². The van der Waals surface area contributed by atoms with Crippen LogP contribution >= 0.6 is 15.9 Å². The molecule has 20 heavy (non-hydrogen) atoms. The molecule has 0 heterocycles. The van der Waals surface area contributed by atoms with E-state index in [0.717, 1.165) is 4.47 Å². The van der Waals surface area contributed by atoms with E-state index < -0.39 is 0 Å². The van der Waals surface area contributed by atoms with E-state index in [4.69, 9.17) is 16.2 Å². The SMILES string of the molecule is COc1ccc(Br)cc1NC(=O)c1cc(N)cc(N)c1. The second-order valence-electron chi connectivity index (χ2n) is 4.19. The molecule has 0 unspecified atom stereocenters. The minimum Gasteiger partial charge on any atom is -0.495 e. The number of halogens is 1. The summed E-state index contributed by atoms with van der Waals surface area (Å²) < 4.78 is 6.03. The minimum absolute atomic E-state index is 0.305. The highest BCUT2D eigenvalue weighted by molar-refractivity contribution is 9.10. The fraction of sp³-hybridized carbons (Fsp3) is 0.0714. The lowest BCUT2D eigenvalue weighted by Gasteiger charge is -2.11. The number of carbonyl (C=O) groups is 1. The zero-order valence-corrected chi connectivity index (χ0v) is 12.4. The Labute approximate surface area is 125 Å². The molecule has 0 fully saturated rings. The molecule has 2 rings (SSSR count). The topological polar surface area (TPSA) is 90.4 Å². The fourth-order valence-corrected chi connectivity index (χ4v) is 2.14. The highest BCUT2D eigenvalue weighted by atomic mass is 79.9. The van der Waals surface area contributed by atoms with E-state index in [-0.39, 0.29) is 5.91 Å². The third-order valence-corrected chi connectivity index (χ3v) is 3.14. The molecule has 0 saturated heterocycles. The van der Waals surface area contributed by atoms with Crippen LogP contribution in [0.2, 0.25) is 0 Å². The Bertz CT molecular complexity index is 639. The molecule has 2 aromatic rings. The summed E-state index contributed by atoms with van der Waals surface area (Å²) >= 11 is 3.35. The van der Waals surface area contributed by atoms with Gasteiger partial charge in [0.2, 0.25) is 0 Å². The van der Waals surface area contributed by atoms with E-state index in [9.17, 15) is 4.79 Å². The number of carbonyl (C=O) groups excluding carboxylic acids is 1. The molecule has 5 nitrogen and oxygen atoms in total.